The summed E-state index contributed by atoms with van der Waals surface area (Å²) in [4.78, 5) is 41.2. The Morgan fingerprint density at radius 1 is 0.673 bits per heavy atom. The van der Waals surface area contributed by atoms with Gasteiger partial charge in [-0.2, -0.15) is 0 Å². The van der Waals surface area contributed by atoms with Crippen molar-refractivity contribution in [1.29, 1.82) is 0 Å². The lowest BCUT2D eigenvalue weighted by molar-refractivity contribution is -0.116. The number of benzene rings is 6. The summed E-state index contributed by atoms with van der Waals surface area (Å²) in [5.74, 6) is -1.15. The molecule has 0 aliphatic rings. The third kappa shape index (κ3) is 8.58. The van der Waals surface area contributed by atoms with Crippen molar-refractivity contribution in [3.8, 4) is 0 Å². The molecular formula is C40H29Cl2N3O3S. The summed E-state index contributed by atoms with van der Waals surface area (Å²) in [6.45, 7) is 0. The molecule has 0 spiro atoms. The first kappa shape index (κ1) is 33.6. The van der Waals surface area contributed by atoms with Gasteiger partial charge in [0.1, 0.15) is 10.9 Å². The molecule has 1 atom stereocenters. The van der Waals surface area contributed by atoms with Gasteiger partial charge in [-0.15, -0.1) is 11.8 Å². The summed E-state index contributed by atoms with van der Waals surface area (Å²) in [5.41, 5.74) is 3.09. The maximum Gasteiger partial charge on any atom is 0.272 e. The molecule has 0 fully saturated rings. The predicted molar refractivity (Wildman–Crippen MR) is 201 cm³/mol. The molecule has 9 heteroatoms. The van der Waals surface area contributed by atoms with Gasteiger partial charge in [0.15, 0.2) is 0 Å². The van der Waals surface area contributed by atoms with Gasteiger partial charge in [-0.25, -0.2) is 0 Å². The molecule has 0 saturated carbocycles. The van der Waals surface area contributed by atoms with Crippen LogP contribution in [0.5, 0.6) is 0 Å². The minimum Gasteiger partial charge on any atom is -0.323 e. The van der Waals surface area contributed by atoms with Crippen LogP contribution >= 0.6 is 35.0 Å². The van der Waals surface area contributed by atoms with E-state index in [-0.39, 0.29) is 11.6 Å². The number of carbonyl (C=O) groups excluding carboxylic acids is 3. The van der Waals surface area contributed by atoms with E-state index in [1.807, 2.05) is 91.0 Å². The van der Waals surface area contributed by atoms with Crippen LogP contribution in [0.2, 0.25) is 10.0 Å². The highest BCUT2D eigenvalue weighted by Crippen LogP contribution is 2.37. The highest BCUT2D eigenvalue weighted by Gasteiger charge is 2.23. The van der Waals surface area contributed by atoms with Crippen LogP contribution < -0.4 is 16.0 Å². The second kappa shape index (κ2) is 15.7. The Morgan fingerprint density at radius 3 is 2.08 bits per heavy atom. The maximum atomic E-state index is 13.7. The molecule has 0 saturated heterocycles. The van der Waals surface area contributed by atoms with E-state index in [9.17, 15) is 14.4 Å². The quantitative estimate of drug-likeness (QED) is 0.0980. The summed E-state index contributed by atoms with van der Waals surface area (Å²) in [6, 6.07) is 43.9. The fourth-order valence-electron chi connectivity index (χ4n) is 5.12. The van der Waals surface area contributed by atoms with Gasteiger partial charge < -0.3 is 16.0 Å². The van der Waals surface area contributed by atoms with Crippen molar-refractivity contribution in [1.82, 2.24) is 5.32 Å². The lowest BCUT2D eigenvalue weighted by atomic mass is 10.0. The van der Waals surface area contributed by atoms with Crippen molar-refractivity contribution >= 4 is 80.9 Å². The van der Waals surface area contributed by atoms with Crippen molar-refractivity contribution in [2.75, 3.05) is 10.6 Å². The molecule has 1 unspecified atom stereocenters. The number of fused-ring (bicyclic) bond motifs is 1. The van der Waals surface area contributed by atoms with Crippen molar-refractivity contribution in [2.24, 2.45) is 0 Å². The molecular weight excluding hydrogens is 673 g/mol. The van der Waals surface area contributed by atoms with Crippen LogP contribution in [0.25, 0.3) is 16.8 Å². The lowest BCUT2D eigenvalue weighted by Crippen LogP contribution is -2.30. The zero-order chi connectivity index (χ0) is 34.2. The summed E-state index contributed by atoms with van der Waals surface area (Å²) in [6.07, 6.45) is 1.68. The van der Waals surface area contributed by atoms with E-state index in [4.69, 9.17) is 23.2 Å². The summed E-state index contributed by atoms with van der Waals surface area (Å²) < 4.78 is 0. The Morgan fingerprint density at radius 2 is 1.35 bits per heavy atom. The predicted octanol–water partition coefficient (Wildman–Crippen LogP) is 10.0. The van der Waals surface area contributed by atoms with Crippen LogP contribution in [-0.4, -0.2) is 17.7 Å². The zero-order valence-electron chi connectivity index (χ0n) is 25.9. The highest BCUT2D eigenvalue weighted by atomic mass is 35.5. The molecule has 3 amide bonds. The Balaban J connectivity index is 1.22. The molecule has 0 bridgehead atoms. The van der Waals surface area contributed by atoms with Crippen LogP contribution in [0.3, 0.4) is 0 Å². The Kier molecular flexibility index (Phi) is 10.8. The molecule has 49 heavy (non-hydrogen) atoms. The van der Waals surface area contributed by atoms with E-state index in [1.165, 1.54) is 11.8 Å². The first-order valence-electron chi connectivity index (χ1n) is 15.3. The van der Waals surface area contributed by atoms with Gasteiger partial charge in [0.25, 0.3) is 11.8 Å². The summed E-state index contributed by atoms with van der Waals surface area (Å²) >= 11 is 13.7. The van der Waals surface area contributed by atoms with E-state index in [0.29, 0.717) is 27.0 Å². The number of nitrogens with one attached hydrogen (secondary N) is 3. The number of hydrogen-bond acceptors (Lipinski definition) is 4. The van der Waals surface area contributed by atoms with Crippen molar-refractivity contribution in [2.45, 2.75) is 10.1 Å². The second-order valence-electron chi connectivity index (χ2n) is 10.9. The average molecular weight is 703 g/mol. The van der Waals surface area contributed by atoms with Crippen LogP contribution in [0, 0.1) is 0 Å². The smallest absolute Gasteiger partial charge is 0.272 e. The van der Waals surface area contributed by atoms with Gasteiger partial charge >= 0.3 is 0 Å². The van der Waals surface area contributed by atoms with Gasteiger partial charge in [-0.05, 0) is 82.6 Å². The van der Waals surface area contributed by atoms with Gasteiger partial charge in [0.05, 0.1) is 10.7 Å². The number of carbonyl (C=O) groups is 3. The van der Waals surface area contributed by atoms with E-state index in [2.05, 4.69) is 16.0 Å². The molecule has 6 aromatic carbocycles. The number of amides is 3. The number of hydrogen-bond donors (Lipinski definition) is 3. The van der Waals surface area contributed by atoms with E-state index >= 15 is 0 Å². The van der Waals surface area contributed by atoms with E-state index in [1.54, 1.807) is 60.7 Å². The molecule has 3 N–H and O–H groups in total. The third-order valence-corrected chi connectivity index (χ3v) is 9.36. The molecule has 0 radical (unpaired) electrons. The third-order valence-electron chi connectivity index (χ3n) is 7.55. The Hall–Kier alpha value is -5.34. The fraction of sp³-hybridized carbons (Fsp3) is 0.0250. The molecule has 242 valence electrons. The number of rotatable bonds is 10. The molecule has 6 aromatic rings. The molecule has 0 aromatic heterocycles. The van der Waals surface area contributed by atoms with Crippen LogP contribution in [0.4, 0.5) is 11.4 Å². The van der Waals surface area contributed by atoms with Crippen LogP contribution in [-0.2, 0) is 9.59 Å². The fourth-order valence-corrected chi connectivity index (χ4v) is 6.60. The molecule has 0 heterocycles. The standard InChI is InChI=1S/C40H29Cl2N3O3S/c41-30-18-23-35(34(42)25-30)44-40(48)37(27-11-3-1-4-12-27)49-32-21-19-31(20-22-32)43-39(47)36(45-38(46)28-13-5-2-6-14-28)24-29-16-9-15-26-10-7-8-17-33(26)29/h1-25,37H,(H,43,47)(H,44,48)(H,45,46)/b36-24-. The monoisotopic (exact) mass is 701 g/mol. The Bertz CT molecular complexity index is 2150. The minimum atomic E-state index is -0.600. The highest BCUT2D eigenvalue weighted by molar-refractivity contribution is 8.00. The van der Waals surface area contributed by atoms with E-state index < -0.39 is 17.1 Å². The topological polar surface area (TPSA) is 87.3 Å². The zero-order valence-corrected chi connectivity index (χ0v) is 28.2. The lowest BCUT2D eigenvalue weighted by Gasteiger charge is -2.18. The average Bonchev–Trinajstić information content (AvgIpc) is 3.13. The largest absolute Gasteiger partial charge is 0.323 e. The maximum absolute atomic E-state index is 13.7. The normalized spacial score (nSPS) is 11.8. The van der Waals surface area contributed by atoms with Crippen LogP contribution in [0.1, 0.15) is 26.7 Å². The van der Waals surface area contributed by atoms with Crippen molar-refractivity contribution in [3.63, 3.8) is 0 Å². The molecule has 0 aliphatic heterocycles. The summed E-state index contributed by atoms with van der Waals surface area (Å²) in [5, 5.41) is 10.8. The second-order valence-corrected chi connectivity index (χ2v) is 13.0. The Labute approximate surface area is 298 Å². The van der Waals surface area contributed by atoms with E-state index in [0.717, 1.165) is 26.8 Å². The van der Waals surface area contributed by atoms with Gasteiger partial charge in [0.2, 0.25) is 5.91 Å². The molecule has 6 nitrogen and oxygen atoms in total. The van der Waals surface area contributed by atoms with Gasteiger partial charge in [-0.3, -0.25) is 14.4 Å². The number of halogens is 2. The van der Waals surface area contributed by atoms with Crippen LogP contribution in [0.15, 0.2) is 156 Å². The SMILES string of the molecule is O=C(Nc1ccc(SC(C(=O)Nc2ccc(Cl)cc2Cl)c2ccccc2)cc1)/C(=C/c1cccc2ccccc12)NC(=O)c1ccccc1. The van der Waals surface area contributed by atoms with Crippen molar-refractivity contribution in [3.05, 3.63) is 178 Å². The minimum absolute atomic E-state index is 0.0883. The molecule has 0 aliphatic carbocycles. The first-order chi connectivity index (χ1) is 23.8. The van der Waals surface area contributed by atoms with Crippen molar-refractivity contribution < 1.29 is 14.4 Å². The summed E-state index contributed by atoms with van der Waals surface area (Å²) in [7, 11) is 0. The number of thioether (sulfide) groups is 1. The first-order valence-corrected chi connectivity index (χ1v) is 16.9. The number of anilines is 2. The molecule has 6 rings (SSSR count). The van der Waals surface area contributed by atoms with Gasteiger partial charge in [-0.1, -0.05) is 114 Å². The van der Waals surface area contributed by atoms with Gasteiger partial charge in [0, 0.05) is 21.2 Å².